The molecule has 2 aromatic heterocycles. The van der Waals surface area contributed by atoms with Crippen molar-refractivity contribution < 1.29 is 4.42 Å². The number of hydrogen-bond donors (Lipinski definition) is 0. The van der Waals surface area contributed by atoms with E-state index in [0.29, 0.717) is 0 Å². The van der Waals surface area contributed by atoms with Gasteiger partial charge in [-0.05, 0) is 112 Å². The molecule has 0 spiro atoms. The zero-order chi connectivity index (χ0) is 36.3. The summed E-state index contributed by atoms with van der Waals surface area (Å²) in [5.74, 6) is 0. The van der Waals surface area contributed by atoms with Crippen LogP contribution in [0.2, 0.25) is 0 Å². The first-order valence-electron chi connectivity index (χ1n) is 18.8. The van der Waals surface area contributed by atoms with Crippen molar-refractivity contribution >= 4 is 71.6 Å². The number of anilines is 3. The predicted molar refractivity (Wildman–Crippen MR) is 231 cm³/mol. The first-order chi connectivity index (χ1) is 27.3. The van der Waals surface area contributed by atoms with Crippen LogP contribution in [0, 0.1) is 0 Å². The minimum absolute atomic E-state index is 0.920. The Labute approximate surface area is 318 Å². The van der Waals surface area contributed by atoms with Gasteiger partial charge < -0.3 is 13.9 Å². The molecule has 0 saturated heterocycles. The normalized spacial score (nSPS) is 11.6. The number of fused-ring (bicyclic) bond motifs is 7. The molecule has 55 heavy (non-hydrogen) atoms. The van der Waals surface area contributed by atoms with E-state index in [-0.39, 0.29) is 0 Å². The van der Waals surface area contributed by atoms with Gasteiger partial charge in [0.15, 0.2) is 0 Å². The quantitative estimate of drug-likeness (QED) is 0.172. The van der Waals surface area contributed by atoms with Gasteiger partial charge in [0.2, 0.25) is 0 Å². The first-order valence-corrected chi connectivity index (χ1v) is 18.8. The first kappa shape index (κ1) is 31.2. The topological polar surface area (TPSA) is 21.3 Å². The highest BCUT2D eigenvalue weighted by Gasteiger charge is 2.21. The van der Waals surface area contributed by atoms with Gasteiger partial charge in [0.25, 0.3) is 0 Å². The zero-order valence-electron chi connectivity index (χ0n) is 29.9. The van der Waals surface area contributed by atoms with Crippen LogP contribution in [0.5, 0.6) is 0 Å². The molecule has 0 aliphatic carbocycles. The van der Waals surface area contributed by atoms with Crippen molar-refractivity contribution in [2.24, 2.45) is 0 Å². The summed E-state index contributed by atoms with van der Waals surface area (Å²) in [4.78, 5) is 2.41. The number of rotatable bonds is 6. The Kier molecular flexibility index (Phi) is 7.17. The Morgan fingerprint density at radius 2 is 0.964 bits per heavy atom. The van der Waals surface area contributed by atoms with Crippen molar-refractivity contribution in [3.63, 3.8) is 0 Å². The fourth-order valence-electron chi connectivity index (χ4n) is 8.35. The zero-order valence-corrected chi connectivity index (χ0v) is 29.9. The Balaban J connectivity index is 1.06. The Bertz CT molecular complexity index is 3180. The van der Waals surface area contributed by atoms with Gasteiger partial charge >= 0.3 is 0 Å². The van der Waals surface area contributed by atoms with Crippen LogP contribution in [0.3, 0.4) is 0 Å². The van der Waals surface area contributed by atoms with Crippen molar-refractivity contribution in [1.29, 1.82) is 0 Å². The van der Waals surface area contributed by atoms with Gasteiger partial charge in [0, 0.05) is 38.6 Å². The average Bonchev–Trinajstić information content (AvgIpc) is 3.79. The Hall–Kier alpha value is -7.36. The molecule has 9 aromatic carbocycles. The molecule has 0 radical (unpaired) electrons. The summed E-state index contributed by atoms with van der Waals surface area (Å²) in [7, 11) is 0. The van der Waals surface area contributed by atoms with Crippen LogP contribution in [-0.2, 0) is 0 Å². The van der Waals surface area contributed by atoms with E-state index in [9.17, 15) is 0 Å². The Morgan fingerprint density at radius 1 is 0.364 bits per heavy atom. The molecular weight excluding hydrogens is 669 g/mol. The summed E-state index contributed by atoms with van der Waals surface area (Å²) >= 11 is 0. The summed E-state index contributed by atoms with van der Waals surface area (Å²) < 4.78 is 8.56. The molecule has 0 atom stereocenters. The highest BCUT2D eigenvalue weighted by atomic mass is 16.3. The highest BCUT2D eigenvalue weighted by molar-refractivity contribution is 6.16. The molecule has 0 aliphatic heterocycles. The molecule has 258 valence electrons. The summed E-state index contributed by atoms with van der Waals surface area (Å²) in [5, 5.41) is 7.09. The van der Waals surface area contributed by atoms with Crippen LogP contribution in [0.1, 0.15) is 0 Å². The van der Waals surface area contributed by atoms with E-state index < -0.39 is 0 Å². The van der Waals surface area contributed by atoms with E-state index in [2.05, 4.69) is 204 Å². The van der Waals surface area contributed by atoms with Crippen molar-refractivity contribution in [2.45, 2.75) is 0 Å². The lowest BCUT2D eigenvalue weighted by molar-refractivity contribution is 0.669. The van der Waals surface area contributed by atoms with E-state index in [1.807, 2.05) is 12.1 Å². The lowest BCUT2D eigenvalue weighted by Gasteiger charge is -2.27. The average molecular weight is 703 g/mol. The van der Waals surface area contributed by atoms with Crippen LogP contribution < -0.4 is 4.90 Å². The minimum atomic E-state index is 0.920. The summed E-state index contributed by atoms with van der Waals surface area (Å²) in [6.07, 6.45) is 0. The highest BCUT2D eigenvalue weighted by Crippen LogP contribution is 2.44. The number of aromatic nitrogens is 1. The number of furan rings is 1. The number of hydrogen-bond acceptors (Lipinski definition) is 2. The molecule has 0 amide bonds. The monoisotopic (exact) mass is 702 g/mol. The number of nitrogens with zero attached hydrogens (tertiary/aromatic N) is 2. The molecule has 0 aliphatic rings. The molecule has 0 unspecified atom stereocenters. The van der Waals surface area contributed by atoms with Gasteiger partial charge in [0.05, 0.1) is 16.7 Å². The molecule has 0 fully saturated rings. The molecule has 2 heterocycles. The largest absolute Gasteiger partial charge is 0.456 e. The molecule has 0 saturated carbocycles. The summed E-state index contributed by atoms with van der Waals surface area (Å²) in [6.45, 7) is 0. The predicted octanol–water partition coefficient (Wildman–Crippen LogP) is 14.6. The van der Waals surface area contributed by atoms with E-state index in [1.54, 1.807) is 0 Å². The third-order valence-electron chi connectivity index (χ3n) is 11.0. The van der Waals surface area contributed by atoms with E-state index in [0.717, 1.165) is 44.7 Å². The number of para-hydroxylation sites is 3. The van der Waals surface area contributed by atoms with Gasteiger partial charge in [-0.2, -0.15) is 0 Å². The lowest BCUT2D eigenvalue weighted by atomic mass is 9.99. The van der Waals surface area contributed by atoms with E-state index >= 15 is 0 Å². The van der Waals surface area contributed by atoms with Crippen LogP contribution in [0.15, 0.2) is 211 Å². The fourth-order valence-corrected chi connectivity index (χ4v) is 8.35. The second kappa shape index (κ2) is 12.6. The second-order valence-corrected chi connectivity index (χ2v) is 14.2. The van der Waals surface area contributed by atoms with Gasteiger partial charge in [-0.1, -0.05) is 127 Å². The van der Waals surface area contributed by atoms with E-state index in [1.165, 1.54) is 54.8 Å². The van der Waals surface area contributed by atoms with Gasteiger partial charge in [-0.3, -0.25) is 0 Å². The van der Waals surface area contributed by atoms with E-state index in [4.69, 9.17) is 4.42 Å². The molecule has 0 bridgehead atoms. The molecule has 11 aromatic rings. The second-order valence-electron chi connectivity index (χ2n) is 14.2. The van der Waals surface area contributed by atoms with Crippen molar-refractivity contribution in [3.8, 4) is 27.9 Å². The standard InChI is InChI=1S/C52H34N2O/c1-3-12-35(13-4-1)36-24-28-42(29-25-36)53(48-19-11-20-49-52(48)45-17-7-9-18-47(45)54(49)41-14-5-2-6-15-41)43-30-26-37(27-31-43)38-22-23-39-34-51-46(33-40(39)32-38)44-16-8-10-21-50(44)55-51/h1-34H. The molecule has 3 heteroatoms. The maximum atomic E-state index is 6.18. The van der Waals surface area contributed by atoms with Crippen LogP contribution in [-0.4, -0.2) is 4.57 Å². The lowest BCUT2D eigenvalue weighted by Crippen LogP contribution is -2.10. The fraction of sp³-hybridized carbons (Fsp3) is 0. The number of benzene rings is 9. The van der Waals surface area contributed by atoms with Crippen LogP contribution >= 0.6 is 0 Å². The van der Waals surface area contributed by atoms with Gasteiger partial charge in [0.1, 0.15) is 11.2 Å². The van der Waals surface area contributed by atoms with Gasteiger partial charge in [-0.25, -0.2) is 0 Å². The third-order valence-corrected chi connectivity index (χ3v) is 11.0. The maximum absolute atomic E-state index is 6.18. The molecule has 3 nitrogen and oxygen atoms in total. The maximum Gasteiger partial charge on any atom is 0.136 e. The van der Waals surface area contributed by atoms with Crippen LogP contribution in [0.4, 0.5) is 17.1 Å². The van der Waals surface area contributed by atoms with Crippen molar-refractivity contribution in [2.75, 3.05) is 4.90 Å². The SMILES string of the molecule is c1ccc(-c2ccc(N(c3ccc(-c4ccc5cc6oc7ccccc7c6cc5c4)cc3)c3cccc4c3c3ccccc3n4-c3ccccc3)cc2)cc1. The van der Waals surface area contributed by atoms with Crippen LogP contribution in [0.25, 0.3) is 82.5 Å². The summed E-state index contributed by atoms with van der Waals surface area (Å²) in [5.41, 5.74) is 13.4. The third kappa shape index (κ3) is 5.20. The molecule has 0 N–H and O–H groups in total. The van der Waals surface area contributed by atoms with Crippen molar-refractivity contribution in [3.05, 3.63) is 206 Å². The molecular formula is C52H34N2O. The van der Waals surface area contributed by atoms with Gasteiger partial charge in [-0.15, -0.1) is 0 Å². The Morgan fingerprint density at radius 3 is 1.73 bits per heavy atom. The van der Waals surface area contributed by atoms with Crippen molar-refractivity contribution in [1.82, 2.24) is 4.57 Å². The molecule has 11 rings (SSSR count). The minimum Gasteiger partial charge on any atom is -0.456 e. The smallest absolute Gasteiger partial charge is 0.136 e. The summed E-state index contributed by atoms with van der Waals surface area (Å²) in [6, 6.07) is 74.0.